The number of amides is 1. The van der Waals surface area contributed by atoms with Gasteiger partial charge in [0, 0.05) is 5.69 Å². The van der Waals surface area contributed by atoms with Gasteiger partial charge in [0.25, 0.3) is 15.7 Å². The smallest absolute Gasteiger partial charge is 0.478 e. The third-order valence-electron chi connectivity index (χ3n) is 3.41. The van der Waals surface area contributed by atoms with Gasteiger partial charge < -0.3 is 10.4 Å². The first-order valence-corrected chi connectivity index (χ1v) is 10.0. The molecule has 0 heterocycles. The van der Waals surface area contributed by atoms with Gasteiger partial charge in [-0.1, -0.05) is 52.5 Å². The van der Waals surface area contributed by atoms with Gasteiger partial charge in [-0.25, -0.2) is 13.2 Å². The quantitative estimate of drug-likeness (QED) is 0.415. The van der Waals surface area contributed by atoms with Crippen molar-refractivity contribution < 1.29 is 36.3 Å². The summed E-state index contributed by atoms with van der Waals surface area (Å²) in [5, 5.41) is 9.35. The zero-order chi connectivity index (χ0) is 22.3. The number of anilines is 1. The molecular formula is C15H6Cl4F3NO5S. The molecule has 0 atom stereocenters. The number of carboxylic acids is 1. The minimum absolute atomic E-state index is 0.394. The Kier molecular flexibility index (Phi) is 6.65. The number of hydrogen-bond acceptors (Lipinski definition) is 4. The summed E-state index contributed by atoms with van der Waals surface area (Å²) in [6.45, 7) is 0. The zero-order valence-corrected chi connectivity index (χ0v) is 17.3. The largest absolute Gasteiger partial charge is 0.501 e. The van der Waals surface area contributed by atoms with E-state index < -0.39 is 69.0 Å². The Morgan fingerprint density at radius 3 is 1.93 bits per heavy atom. The molecule has 29 heavy (non-hydrogen) atoms. The van der Waals surface area contributed by atoms with Crippen molar-refractivity contribution in [1.29, 1.82) is 0 Å². The van der Waals surface area contributed by atoms with Crippen LogP contribution in [0.15, 0.2) is 29.2 Å². The molecule has 0 aliphatic heterocycles. The summed E-state index contributed by atoms with van der Waals surface area (Å²) in [6.07, 6.45) is 0. The van der Waals surface area contributed by atoms with Crippen LogP contribution in [0.5, 0.6) is 0 Å². The van der Waals surface area contributed by atoms with Crippen molar-refractivity contribution in [2.45, 2.75) is 10.4 Å². The van der Waals surface area contributed by atoms with Gasteiger partial charge in [0.15, 0.2) is 0 Å². The highest BCUT2D eigenvalue weighted by atomic mass is 35.5. The van der Waals surface area contributed by atoms with Crippen LogP contribution < -0.4 is 5.32 Å². The molecule has 0 radical (unpaired) electrons. The summed E-state index contributed by atoms with van der Waals surface area (Å²) in [5.41, 5.74) is -7.48. The number of sulfone groups is 1. The third-order valence-corrected chi connectivity index (χ3v) is 6.70. The van der Waals surface area contributed by atoms with Crippen molar-refractivity contribution in [2.75, 3.05) is 5.32 Å². The van der Waals surface area contributed by atoms with Gasteiger partial charge in [0.1, 0.15) is 0 Å². The molecule has 0 saturated carbocycles. The highest BCUT2D eigenvalue weighted by molar-refractivity contribution is 7.92. The summed E-state index contributed by atoms with van der Waals surface area (Å²) in [6, 6.07) is 3.22. The van der Waals surface area contributed by atoms with Crippen molar-refractivity contribution in [3.63, 3.8) is 0 Å². The standard InChI is InChI=1S/C15H6Cl4F3NO5S/c16-9-7(8(14(25)26)10(17)12(19)11(9)18)13(24)23-5-2-1-3-6(4-5)29(27,28)15(20,21)22/h1-4H,(H,23,24)(H,25,26). The maximum absolute atomic E-state index is 12.7. The fourth-order valence-corrected chi connectivity index (χ4v) is 3.94. The molecule has 1 amide bonds. The van der Waals surface area contributed by atoms with E-state index in [4.69, 9.17) is 46.4 Å². The SMILES string of the molecule is O=C(O)c1c(Cl)c(Cl)c(Cl)c(Cl)c1C(=O)Nc1cccc(S(=O)(=O)C(F)(F)F)c1. The molecule has 2 N–H and O–H groups in total. The van der Waals surface area contributed by atoms with E-state index in [9.17, 15) is 36.3 Å². The molecule has 0 fully saturated rings. The maximum atomic E-state index is 12.7. The first-order valence-electron chi connectivity index (χ1n) is 7.02. The second-order valence-corrected chi connectivity index (χ2v) is 8.70. The number of nitrogens with one attached hydrogen (secondary N) is 1. The Hall–Kier alpha value is -1.72. The molecule has 0 saturated heterocycles. The van der Waals surface area contributed by atoms with Crippen LogP contribution in [0.4, 0.5) is 18.9 Å². The molecule has 2 rings (SSSR count). The van der Waals surface area contributed by atoms with Crippen LogP contribution >= 0.6 is 46.4 Å². The number of rotatable bonds is 4. The summed E-state index contributed by atoms with van der Waals surface area (Å²) in [5.74, 6) is -2.91. The van der Waals surface area contributed by atoms with Crippen molar-refractivity contribution in [3.05, 3.63) is 55.5 Å². The van der Waals surface area contributed by atoms with E-state index in [1.165, 1.54) is 0 Å². The van der Waals surface area contributed by atoms with E-state index in [2.05, 4.69) is 5.32 Å². The van der Waals surface area contributed by atoms with Crippen molar-refractivity contribution in [3.8, 4) is 0 Å². The van der Waals surface area contributed by atoms with E-state index >= 15 is 0 Å². The first kappa shape index (κ1) is 23.6. The van der Waals surface area contributed by atoms with Gasteiger partial charge in [-0.3, -0.25) is 4.79 Å². The second-order valence-electron chi connectivity index (χ2n) is 5.24. The summed E-state index contributed by atoms with van der Waals surface area (Å²) >= 11 is 23.3. The monoisotopic (exact) mass is 509 g/mol. The Balaban J connectivity index is 2.56. The molecule has 2 aromatic carbocycles. The van der Waals surface area contributed by atoms with E-state index in [1.807, 2.05) is 0 Å². The number of alkyl halides is 3. The normalized spacial score (nSPS) is 12.0. The zero-order valence-electron chi connectivity index (χ0n) is 13.4. The summed E-state index contributed by atoms with van der Waals surface area (Å²) in [7, 11) is -5.68. The molecule has 0 unspecified atom stereocenters. The van der Waals surface area contributed by atoms with Gasteiger partial charge in [-0.2, -0.15) is 13.2 Å². The fraction of sp³-hybridized carbons (Fsp3) is 0.0667. The van der Waals surface area contributed by atoms with E-state index in [0.29, 0.717) is 12.1 Å². The number of carboxylic acid groups (broad SMARTS) is 1. The Morgan fingerprint density at radius 2 is 1.45 bits per heavy atom. The summed E-state index contributed by atoms with van der Waals surface area (Å²) in [4.78, 5) is 22.9. The average Bonchev–Trinajstić information content (AvgIpc) is 2.61. The predicted octanol–water partition coefficient (Wildman–Crippen LogP) is 5.54. The number of carbonyl (C=O) groups is 2. The molecule has 0 spiro atoms. The molecule has 14 heteroatoms. The number of hydrogen-bond donors (Lipinski definition) is 2. The Labute approximate surface area is 181 Å². The van der Waals surface area contributed by atoms with Crippen molar-refractivity contribution in [1.82, 2.24) is 0 Å². The number of benzene rings is 2. The van der Waals surface area contributed by atoms with Crippen molar-refractivity contribution in [2.24, 2.45) is 0 Å². The van der Waals surface area contributed by atoms with E-state index in [1.54, 1.807) is 0 Å². The second kappa shape index (κ2) is 8.19. The van der Waals surface area contributed by atoms with Gasteiger partial charge in [-0.15, -0.1) is 0 Å². The van der Waals surface area contributed by atoms with Crippen LogP contribution in [0.3, 0.4) is 0 Å². The minimum Gasteiger partial charge on any atom is -0.478 e. The lowest BCUT2D eigenvalue weighted by molar-refractivity contribution is -0.0436. The van der Waals surface area contributed by atoms with Crippen LogP contribution in [0, 0.1) is 0 Å². The van der Waals surface area contributed by atoms with Crippen LogP contribution in [0.25, 0.3) is 0 Å². The lowest BCUT2D eigenvalue weighted by Crippen LogP contribution is -2.23. The van der Waals surface area contributed by atoms with Crippen LogP contribution in [0.2, 0.25) is 20.1 Å². The van der Waals surface area contributed by atoms with Gasteiger partial charge in [0.05, 0.1) is 36.1 Å². The highest BCUT2D eigenvalue weighted by Gasteiger charge is 2.46. The third kappa shape index (κ3) is 4.41. The molecule has 2 aromatic rings. The lowest BCUT2D eigenvalue weighted by Gasteiger charge is -2.14. The minimum atomic E-state index is -5.68. The number of carbonyl (C=O) groups excluding carboxylic acids is 1. The van der Waals surface area contributed by atoms with E-state index in [-0.39, 0.29) is 0 Å². The lowest BCUT2D eigenvalue weighted by atomic mass is 10.1. The molecule has 0 aliphatic carbocycles. The topological polar surface area (TPSA) is 101 Å². The first-order chi connectivity index (χ1) is 13.2. The molecule has 156 valence electrons. The number of aromatic carboxylic acids is 1. The molecule has 0 aliphatic rings. The van der Waals surface area contributed by atoms with Gasteiger partial charge in [0.2, 0.25) is 0 Å². The maximum Gasteiger partial charge on any atom is 0.501 e. The Bertz CT molecular complexity index is 1140. The van der Waals surface area contributed by atoms with Gasteiger partial charge in [-0.05, 0) is 18.2 Å². The van der Waals surface area contributed by atoms with Gasteiger partial charge >= 0.3 is 11.5 Å². The van der Waals surface area contributed by atoms with E-state index in [0.717, 1.165) is 12.1 Å². The fourth-order valence-electron chi connectivity index (χ4n) is 2.11. The van der Waals surface area contributed by atoms with Crippen LogP contribution in [0.1, 0.15) is 20.7 Å². The van der Waals surface area contributed by atoms with Crippen LogP contribution in [-0.2, 0) is 9.84 Å². The highest BCUT2D eigenvalue weighted by Crippen LogP contribution is 2.42. The molecule has 0 aromatic heterocycles. The average molecular weight is 511 g/mol. The molecular weight excluding hydrogens is 505 g/mol. The molecule has 0 bridgehead atoms. The summed E-state index contributed by atoms with van der Waals surface area (Å²) < 4.78 is 61.1. The Morgan fingerprint density at radius 1 is 0.931 bits per heavy atom. The predicted molar refractivity (Wildman–Crippen MR) is 101 cm³/mol. The molecule has 6 nitrogen and oxygen atoms in total. The van der Waals surface area contributed by atoms with Crippen molar-refractivity contribution >= 4 is 73.8 Å². The number of halogens is 7. The van der Waals surface area contributed by atoms with Crippen LogP contribution in [-0.4, -0.2) is 30.9 Å².